The van der Waals surface area contributed by atoms with E-state index >= 15 is 0 Å². The first-order chi connectivity index (χ1) is 23.8. The molecule has 0 fully saturated rings. The van der Waals surface area contributed by atoms with Gasteiger partial charge in [-0.2, -0.15) is 0 Å². The molecule has 10 aromatic rings. The summed E-state index contributed by atoms with van der Waals surface area (Å²) < 4.78 is 8.61. The van der Waals surface area contributed by atoms with Crippen molar-refractivity contribution in [2.75, 3.05) is 0 Å². The summed E-state index contributed by atoms with van der Waals surface area (Å²) in [5.41, 5.74) is 7.86. The van der Waals surface area contributed by atoms with Gasteiger partial charge in [0.25, 0.3) is 0 Å². The number of para-hydroxylation sites is 3. The average Bonchev–Trinajstić information content (AvgIpc) is 3.70. The molecule has 0 aliphatic rings. The van der Waals surface area contributed by atoms with Gasteiger partial charge in [0.15, 0.2) is 17.5 Å². The maximum Gasteiger partial charge on any atom is 0.164 e. The molecule has 0 radical (unpaired) electrons. The first-order valence-electron chi connectivity index (χ1n) is 16.0. The number of hydrogen-bond acceptors (Lipinski definition) is 4. The fourth-order valence-electron chi connectivity index (χ4n) is 7.06. The fraction of sp³-hybridized carbons (Fsp3) is 0. The van der Waals surface area contributed by atoms with Crippen molar-refractivity contribution < 1.29 is 4.42 Å². The van der Waals surface area contributed by atoms with Gasteiger partial charge in [-0.3, -0.25) is 0 Å². The molecule has 5 nitrogen and oxygen atoms in total. The molecule has 5 heteroatoms. The van der Waals surface area contributed by atoms with Crippen molar-refractivity contribution in [2.24, 2.45) is 0 Å². The predicted molar refractivity (Wildman–Crippen MR) is 195 cm³/mol. The van der Waals surface area contributed by atoms with E-state index < -0.39 is 0 Å². The lowest BCUT2D eigenvalue weighted by Gasteiger charge is -2.15. The second kappa shape index (κ2) is 10.5. The summed E-state index contributed by atoms with van der Waals surface area (Å²) in [7, 11) is 0. The molecule has 48 heavy (non-hydrogen) atoms. The molecule has 7 aromatic carbocycles. The molecular weight excluding hydrogens is 589 g/mol. The summed E-state index contributed by atoms with van der Waals surface area (Å²) in [5, 5.41) is 6.82. The number of hydrogen-bond donors (Lipinski definition) is 0. The summed E-state index contributed by atoms with van der Waals surface area (Å²) in [6, 6.07) is 54.5. The van der Waals surface area contributed by atoms with E-state index in [0.29, 0.717) is 17.5 Å². The maximum absolute atomic E-state index is 6.24. The first-order valence-corrected chi connectivity index (χ1v) is 16.0. The normalized spacial score (nSPS) is 11.8. The first kappa shape index (κ1) is 26.6. The standard InChI is InChI=1S/C43H26N4O/c1-2-12-27(13-3-1)41-44-42(28-22-23-34-33-18-8-11-21-39(33)48-40(34)26-28)46-43(45-41)35-24-25-38(30-15-5-4-14-29(30)35)47-36-19-9-6-16-31(36)32-17-7-10-20-37(32)47/h1-26H. The molecule has 0 saturated carbocycles. The Balaban J connectivity index is 1.20. The van der Waals surface area contributed by atoms with Crippen LogP contribution in [0.2, 0.25) is 0 Å². The Morgan fingerprint density at radius 2 is 0.938 bits per heavy atom. The van der Waals surface area contributed by atoms with Gasteiger partial charge in [-0.25, -0.2) is 15.0 Å². The smallest absolute Gasteiger partial charge is 0.164 e. The van der Waals surface area contributed by atoms with Gasteiger partial charge in [0.05, 0.1) is 16.7 Å². The highest BCUT2D eigenvalue weighted by Crippen LogP contribution is 2.38. The van der Waals surface area contributed by atoms with Gasteiger partial charge >= 0.3 is 0 Å². The van der Waals surface area contributed by atoms with Gasteiger partial charge in [0.2, 0.25) is 0 Å². The van der Waals surface area contributed by atoms with Gasteiger partial charge in [-0.05, 0) is 47.9 Å². The molecule has 0 amide bonds. The van der Waals surface area contributed by atoms with Crippen LogP contribution in [0.1, 0.15) is 0 Å². The lowest BCUT2D eigenvalue weighted by atomic mass is 10.0. The lowest BCUT2D eigenvalue weighted by molar-refractivity contribution is 0.669. The molecule has 0 unspecified atom stereocenters. The number of aromatic nitrogens is 4. The van der Waals surface area contributed by atoms with E-state index in [1.54, 1.807) is 0 Å². The molecule has 0 N–H and O–H groups in total. The van der Waals surface area contributed by atoms with E-state index in [4.69, 9.17) is 19.4 Å². The molecule has 0 bridgehead atoms. The van der Waals surface area contributed by atoms with E-state index in [1.807, 2.05) is 54.6 Å². The van der Waals surface area contributed by atoms with E-state index in [9.17, 15) is 0 Å². The predicted octanol–water partition coefficient (Wildman–Crippen LogP) is 11.0. The van der Waals surface area contributed by atoms with Crippen LogP contribution in [-0.4, -0.2) is 19.5 Å². The Morgan fingerprint density at radius 3 is 1.69 bits per heavy atom. The van der Waals surface area contributed by atoms with Gasteiger partial charge in [-0.1, -0.05) is 115 Å². The second-order valence-corrected chi connectivity index (χ2v) is 12.0. The minimum Gasteiger partial charge on any atom is -0.456 e. The van der Waals surface area contributed by atoms with Crippen molar-refractivity contribution >= 4 is 54.5 Å². The minimum atomic E-state index is 0.594. The van der Waals surface area contributed by atoms with Crippen molar-refractivity contribution in [3.05, 3.63) is 158 Å². The highest BCUT2D eigenvalue weighted by molar-refractivity contribution is 6.11. The summed E-state index contributed by atoms with van der Waals surface area (Å²) in [4.78, 5) is 15.2. The van der Waals surface area contributed by atoms with E-state index in [0.717, 1.165) is 55.1 Å². The largest absolute Gasteiger partial charge is 0.456 e. The van der Waals surface area contributed by atoms with E-state index in [2.05, 4.69) is 108 Å². The monoisotopic (exact) mass is 614 g/mol. The molecule has 3 aromatic heterocycles. The Kier molecular flexibility index (Phi) is 5.81. The third-order valence-corrected chi connectivity index (χ3v) is 9.27. The van der Waals surface area contributed by atoms with Crippen molar-refractivity contribution in [3.63, 3.8) is 0 Å². The van der Waals surface area contributed by atoms with Crippen LogP contribution in [0.15, 0.2) is 162 Å². The van der Waals surface area contributed by atoms with Crippen LogP contribution in [-0.2, 0) is 0 Å². The van der Waals surface area contributed by atoms with E-state index in [-0.39, 0.29) is 0 Å². The van der Waals surface area contributed by atoms with Crippen molar-refractivity contribution in [3.8, 4) is 39.9 Å². The highest BCUT2D eigenvalue weighted by Gasteiger charge is 2.19. The number of nitrogens with zero attached hydrogens (tertiary/aromatic N) is 4. The van der Waals surface area contributed by atoms with Crippen LogP contribution in [0, 0.1) is 0 Å². The second-order valence-electron chi connectivity index (χ2n) is 12.0. The van der Waals surface area contributed by atoms with Gasteiger partial charge in [-0.15, -0.1) is 0 Å². The SMILES string of the molecule is c1ccc(-c2nc(-c3ccc4c(c3)oc3ccccc34)nc(-c3ccc(-n4c5ccccc5c5ccccc54)c4ccccc34)n2)cc1. The highest BCUT2D eigenvalue weighted by atomic mass is 16.3. The molecule has 0 saturated heterocycles. The molecular formula is C43H26N4O. The summed E-state index contributed by atoms with van der Waals surface area (Å²) in [6.45, 7) is 0. The van der Waals surface area contributed by atoms with Crippen molar-refractivity contribution in [1.29, 1.82) is 0 Å². The summed E-state index contributed by atoms with van der Waals surface area (Å²) in [5.74, 6) is 1.83. The lowest BCUT2D eigenvalue weighted by Crippen LogP contribution is -2.01. The Hall–Kier alpha value is -6.59. The van der Waals surface area contributed by atoms with Crippen LogP contribution in [0.5, 0.6) is 0 Å². The molecule has 10 rings (SSSR count). The van der Waals surface area contributed by atoms with E-state index in [1.165, 1.54) is 21.8 Å². The van der Waals surface area contributed by atoms with Crippen molar-refractivity contribution in [1.82, 2.24) is 19.5 Å². The Morgan fingerprint density at radius 1 is 0.375 bits per heavy atom. The zero-order valence-corrected chi connectivity index (χ0v) is 25.7. The van der Waals surface area contributed by atoms with Gasteiger partial charge in [0.1, 0.15) is 11.2 Å². The summed E-state index contributed by atoms with van der Waals surface area (Å²) in [6.07, 6.45) is 0. The van der Waals surface area contributed by atoms with Crippen LogP contribution >= 0.6 is 0 Å². The topological polar surface area (TPSA) is 56.7 Å². The number of furan rings is 1. The third kappa shape index (κ3) is 4.08. The maximum atomic E-state index is 6.24. The Labute approximate surface area is 275 Å². The molecule has 224 valence electrons. The Bertz CT molecular complexity index is 2800. The zero-order chi connectivity index (χ0) is 31.6. The molecule has 0 spiro atoms. The van der Waals surface area contributed by atoms with Crippen LogP contribution < -0.4 is 0 Å². The number of rotatable bonds is 4. The van der Waals surface area contributed by atoms with Crippen molar-refractivity contribution in [2.45, 2.75) is 0 Å². The molecule has 0 aliphatic carbocycles. The summed E-state index contributed by atoms with van der Waals surface area (Å²) >= 11 is 0. The number of benzene rings is 7. The quantitative estimate of drug-likeness (QED) is 0.198. The van der Waals surface area contributed by atoms with Gasteiger partial charge in [0, 0.05) is 43.6 Å². The average molecular weight is 615 g/mol. The van der Waals surface area contributed by atoms with Crippen LogP contribution in [0.3, 0.4) is 0 Å². The van der Waals surface area contributed by atoms with Gasteiger partial charge < -0.3 is 8.98 Å². The molecule has 3 heterocycles. The molecule has 0 atom stereocenters. The minimum absolute atomic E-state index is 0.594. The number of fused-ring (bicyclic) bond motifs is 7. The van der Waals surface area contributed by atoms with Crippen LogP contribution in [0.4, 0.5) is 0 Å². The molecule has 0 aliphatic heterocycles. The fourth-order valence-corrected chi connectivity index (χ4v) is 7.06. The van der Waals surface area contributed by atoms with Crippen LogP contribution in [0.25, 0.3) is 94.4 Å². The third-order valence-electron chi connectivity index (χ3n) is 9.27. The zero-order valence-electron chi connectivity index (χ0n) is 25.7.